The Bertz CT molecular complexity index is 1110. The van der Waals surface area contributed by atoms with Crippen LogP contribution in [0.15, 0.2) is 44.4 Å². The van der Waals surface area contributed by atoms with Gasteiger partial charge in [0.1, 0.15) is 0 Å². The average Bonchev–Trinajstić information content (AvgIpc) is 2.78. The molecule has 0 bridgehead atoms. The van der Waals surface area contributed by atoms with Crippen LogP contribution in [-0.4, -0.2) is 13.0 Å². The standard InChI is InChI=1S/C16H15ClN2O4S/c1-9-7-13-14(23-16(20)19(13)3)8-15(9)24(21,22)18-12-6-4-5-11(17)10(12)2/h4-8,18H,1-3H3. The predicted octanol–water partition coefficient (Wildman–Crippen LogP) is 3.20. The highest BCUT2D eigenvalue weighted by molar-refractivity contribution is 7.92. The number of nitrogens with zero attached hydrogens (tertiary/aromatic N) is 1. The summed E-state index contributed by atoms with van der Waals surface area (Å²) in [6.45, 7) is 3.39. The van der Waals surface area contributed by atoms with Gasteiger partial charge in [-0.3, -0.25) is 9.29 Å². The van der Waals surface area contributed by atoms with Gasteiger partial charge in [0.15, 0.2) is 5.58 Å². The summed E-state index contributed by atoms with van der Waals surface area (Å²) in [6, 6.07) is 7.95. The van der Waals surface area contributed by atoms with Gasteiger partial charge >= 0.3 is 5.76 Å². The maximum Gasteiger partial charge on any atom is 0.419 e. The van der Waals surface area contributed by atoms with Crippen LogP contribution in [0, 0.1) is 13.8 Å². The third-order valence-corrected chi connectivity index (χ3v) is 5.81. The van der Waals surface area contributed by atoms with E-state index in [1.165, 1.54) is 10.6 Å². The van der Waals surface area contributed by atoms with Crippen LogP contribution < -0.4 is 10.5 Å². The molecule has 126 valence electrons. The molecular weight excluding hydrogens is 352 g/mol. The second-order valence-electron chi connectivity index (χ2n) is 5.53. The Balaban J connectivity index is 2.13. The van der Waals surface area contributed by atoms with E-state index in [1.807, 2.05) is 0 Å². The molecule has 0 aliphatic carbocycles. The lowest BCUT2D eigenvalue weighted by molar-refractivity contribution is 0.527. The van der Waals surface area contributed by atoms with Crippen LogP contribution in [-0.2, 0) is 17.1 Å². The molecule has 0 aliphatic rings. The van der Waals surface area contributed by atoms with E-state index in [-0.39, 0.29) is 10.5 Å². The van der Waals surface area contributed by atoms with Gasteiger partial charge in [0.25, 0.3) is 10.0 Å². The molecule has 8 heteroatoms. The van der Waals surface area contributed by atoms with Crippen LogP contribution in [0.3, 0.4) is 0 Å². The molecular formula is C16H15ClN2O4S. The summed E-state index contributed by atoms with van der Waals surface area (Å²) in [6.07, 6.45) is 0. The number of fused-ring (bicyclic) bond motifs is 1. The molecule has 1 N–H and O–H groups in total. The van der Waals surface area contributed by atoms with Crippen LogP contribution in [0.4, 0.5) is 5.69 Å². The summed E-state index contributed by atoms with van der Waals surface area (Å²) in [5.74, 6) is -0.544. The zero-order valence-electron chi connectivity index (χ0n) is 13.3. The zero-order chi connectivity index (χ0) is 17.6. The van der Waals surface area contributed by atoms with Crippen molar-refractivity contribution in [2.75, 3.05) is 4.72 Å². The summed E-state index contributed by atoms with van der Waals surface area (Å²) >= 11 is 6.03. The summed E-state index contributed by atoms with van der Waals surface area (Å²) < 4.78 is 34.4. The van der Waals surface area contributed by atoms with Crippen molar-refractivity contribution >= 4 is 38.4 Å². The molecule has 0 amide bonds. The zero-order valence-corrected chi connectivity index (χ0v) is 14.8. The smallest absolute Gasteiger partial charge is 0.408 e. The molecule has 6 nitrogen and oxygen atoms in total. The fourth-order valence-corrected chi connectivity index (χ4v) is 4.01. The number of benzene rings is 2. The lowest BCUT2D eigenvalue weighted by Gasteiger charge is -2.13. The van der Waals surface area contributed by atoms with Crippen molar-refractivity contribution in [1.29, 1.82) is 0 Å². The van der Waals surface area contributed by atoms with E-state index < -0.39 is 15.8 Å². The monoisotopic (exact) mass is 366 g/mol. The second kappa shape index (κ2) is 5.68. The molecule has 3 aromatic rings. The minimum Gasteiger partial charge on any atom is -0.408 e. The van der Waals surface area contributed by atoms with Gasteiger partial charge in [0.05, 0.1) is 16.1 Å². The van der Waals surface area contributed by atoms with Gasteiger partial charge in [-0.05, 0) is 43.2 Å². The molecule has 1 aromatic heterocycles. The highest BCUT2D eigenvalue weighted by Gasteiger charge is 2.21. The lowest BCUT2D eigenvalue weighted by Crippen LogP contribution is -2.15. The second-order valence-corrected chi connectivity index (χ2v) is 7.59. The van der Waals surface area contributed by atoms with Crippen molar-refractivity contribution < 1.29 is 12.8 Å². The van der Waals surface area contributed by atoms with Crippen LogP contribution in [0.2, 0.25) is 5.02 Å². The Morgan fingerprint density at radius 1 is 1.21 bits per heavy atom. The Labute approximate surface area is 143 Å². The van der Waals surface area contributed by atoms with Gasteiger partial charge in [-0.2, -0.15) is 0 Å². The highest BCUT2D eigenvalue weighted by Crippen LogP contribution is 2.28. The maximum atomic E-state index is 12.7. The van der Waals surface area contributed by atoms with Crippen molar-refractivity contribution in [2.24, 2.45) is 7.05 Å². The molecule has 0 unspecified atom stereocenters. The normalized spacial score (nSPS) is 11.8. The molecule has 0 radical (unpaired) electrons. The Morgan fingerprint density at radius 2 is 1.92 bits per heavy atom. The number of aromatic nitrogens is 1. The van der Waals surface area contributed by atoms with Crippen LogP contribution in [0.5, 0.6) is 0 Å². The van der Waals surface area contributed by atoms with Gasteiger partial charge < -0.3 is 4.42 Å². The van der Waals surface area contributed by atoms with Gasteiger partial charge in [-0.1, -0.05) is 17.7 Å². The number of nitrogens with one attached hydrogen (secondary N) is 1. The van der Waals surface area contributed by atoms with E-state index in [4.69, 9.17) is 16.0 Å². The first-order valence-electron chi connectivity index (χ1n) is 7.09. The van der Waals surface area contributed by atoms with Crippen LogP contribution in [0.1, 0.15) is 11.1 Å². The number of rotatable bonds is 3. The third kappa shape index (κ3) is 2.70. The Kier molecular flexibility index (Phi) is 3.93. The quantitative estimate of drug-likeness (QED) is 0.771. The Hall–Kier alpha value is -2.25. The molecule has 0 saturated carbocycles. The minimum atomic E-state index is -3.86. The first-order valence-corrected chi connectivity index (χ1v) is 8.95. The number of hydrogen-bond acceptors (Lipinski definition) is 4. The van der Waals surface area contributed by atoms with Crippen molar-refractivity contribution in [2.45, 2.75) is 18.7 Å². The number of halogens is 1. The van der Waals surface area contributed by atoms with Crippen molar-refractivity contribution in [3.63, 3.8) is 0 Å². The molecule has 0 fully saturated rings. The van der Waals surface area contributed by atoms with E-state index in [1.54, 1.807) is 45.2 Å². The Morgan fingerprint density at radius 3 is 2.62 bits per heavy atom. The van der Waals surface area contributed by atoms with E-state index in [9.17, 15) is 13.2 Å². The third-order valence-electron chi connectivity index (χ3n) is 3.89. The number of hydrogen-bond donors (Lipinski definition) is 1. The largest absolute Gasteiger partial charge is 0.419 e. The number of sulfonamides is 1. The molecule has 1 heterocycles. The first kappa shape index (κ1) is 16.6. The molecule has 0 aliphatic heterocycles. The van der Waals surface area contributed by atoms with Gasteiger partial charge in [0, 0.05) is 18.1 Å². The van der Waals surface area contributed by atoms with Gasteiger partial charge in [0.2, 0.25) is 0 Å². The number of anilines is 1. The van der Waals surface area contributed by atoms with Gasteiger partial charge in [-0.25, -0.2) is 13.2 Å². The van der Waals surface area contributed by atoms with Crippen LogP contribution in [0.25, 0.3) is 11.1 Å². The predicted molar refractivity (Wildman–Crippen MR) is 93.2 cm³/mol. The van der Waals surface area contributed by atoms with Crippen molar-refractivity contribution in [3.05, 3.63) is 57.0 Å². The minimum absolute atomic E-state index is 0.0451. The summed E-state index contributed by atoms with van der Waals surface area (Å²) in [7, 11) is -2.29. The molecule has 0 atom stereocenters. The number of oxazole rings is 1. The topological polar surface area (TPSA) is 81.3 Å². The fourth-order valence-electron chi connectivity index (χ4n) is 2.47. The summed E-state index contributed by atoms with van der Waals surface area (Å²) in [4.78, 5) is 11.6. The molecule has 0 saturated heterocycles. The first-order chi connectivity index (χ1) is 11.2. The van der Waals surface area contributed by atoms with E-state index in [2.05, 4.69) is 4.72 Å². The van der Waals surface area contributed by atoms with Crippen molar-refractivity contribution in [3.8, 4) is 0 Å². The highest BCUT2D eigenvalue weighted by atomic mass is 35.5. The summed E-state index contributed by atoms with van der Waals surface area (Å²) in [5, 5.41) is 0.469. The average molecular weight is 367 g/mol. The molecule has 3 rings (SSSR count). The van der Waals surface area contributed by atoms with E-state index >= 15 is 0 Å². The van der Waals surface area contributed by atoms with Crippen molar-refractivity contribution in [1.82, 2.24) is 4.57 Å². The SMILES string of the molecule is Cc1cc2c(cc1S(=O)(=O)Nc1cccc(Cl)c1C)oc(=O)n2C. The van der Waals surface area contributed by atoms with Crippen LogP contribution >= 0.6 is 11.6 Å². The fraction of sp³-hybridized carbons (Fsp3) is 0.188. The van der Waals surface area contributed by atoms with E-state index in [0.29, 0.717) is 27.4 Å². The molecule has 24 heavy (non-hydrogen) atoms. The van der Waals surface area contributed by atoms with Gasteiger partial charge in [-0.15, -0.1) is 0 Å². The summed E-state index contributed by atoms with van der Waals surface area (Å²) in [5.41, 5.74) is 2.29. The maximum absolute atomic E-state index is 12.7. The molecule has 0 spiro atoms. The number of aryl methyl sites for hydroxylation is 2. The molecule has 2 aromatic carbocycles. The lowest BCUT2D eigenvalue weighted by atomic mass is 10.2. The van der Waals surface area contributed by atoms with E-state index in [0.717, 1.165) is 0 Å².